The maximum absolute atomic E-state index is 12.5. The third kappa shape index (κ3) is 2.91. The van der Waals surface area contributed by atoms with Gasteiger partial charge in [-0.05, 0) is 25.5 Å². The monoisotopic (exact) mass is 279 g/mol. The van der Waals surface area contributed by atoms with Crippen LogP contribution in [0.4, 0.5) is 5.69 Å². The number of hydrogen-bond donors (Lipinski definition) is 2. The van der Waals surface area contributed by atoms with Gasteiger partial charge in [0, 0.05) is 19.7 Å². The zero-order valence-corrected chi connectivity index (χ0v) is 12.3. The van der Waals surface area contributed by atoms with Crippen molar-refractivity contribution < 1.29 is 14.7 Å². The number of carbonyl (C=O) groups is 1. The minimum atomic E-state index is -0.910. The van der Waals surface area contributed by atoms with E-state index < -0.39 is 5.60 Å². The quantitative estimate of drug-likeness (QED) is 0.370. The third-order valence-electron chi connectivity index (χ3n) is 3.53. The van der Waals surface area contributed by atoms with E-state index >= 15 is 0 Å². The van der Waals surface area contributed by atoms with Crippen LogP contribution in [-0.4, -0.2) is 36.7 Å². The van der Waals surface area contributed by atoms with Gasteiger partial charge in [-0.15, -0.1) is 0 Å². The van der Waals surface area contributed by atoms with Gasteiger partial charge in [0.1, 0.15) is 5.60 Å². The Labute approximate surface area is 118 Å². The summed E-state index contributed by atoms with van der Waals surface area (Å²) in [5, 5.41) is 11.8. The molecule has 1 rings (SSSR count). The van der Waals surface area contributed by atoms with Crippen LogP contribution in [0.15, 0.2) is 29.4 Å². The summed E-state index contributed by atoms with van der Waals surface area (Å²) < 4.78 is 5.32. The van der Waals surface area contributed by atoms with E-state index in [2.05, 4.69) is 5.16 Å². The Hall–Kier alpha value is -2.08. The van der Waals surface area contributed by atoms with Crippen LogP contribution in [0.5, 0.6) is 0 Å². The van der Waals surface area contributed by atoms with Gasteiger partial charge < -0.3 is 20.6 Å². The van der Waals surface area contributed by atoms with Gasteiger partial charge in [-0.3, -0.25) is 4.79 Å². The number of carbonyl (C=O) groups excluding carboxylic acids is 1. The summed E-state index contributed by atoms with van der Waals surface area (Å²) in [6, 6.07) is 6.95. The molecule has 1 aromatic rings. The Balaban J connectivity index is 3.22. The van der Waals surface area contributed by atoms with Gasteiger partial charge in [0.2, 0.25) is 0 Å². The van der Waals surface area contributed by atoms with Gasteiger partial charge in [0.25, 0.3) is 5.91 Å². The van der Waals surface area contributed by atoms with Crippen LogP contribution in [0.3, 0.4) is 0 Å². The highest BCUT2D eigenvalue weighted by Gasteiger charge is 2.34. The highest BCUT2D eigenvalue weighted by molar-refractivity contribution is 6.07. The predicted octanol–water partition coefficient (Wildman–Crippen LogP) is 1.56. The van der Waals surface area contributed by atoms with Crippen LogP contribution in [0.2, 0.25) is 0 Å². The molecule has 0 heterocycles. The van der Waals surface area contributed by atoms with Gasteiger partial charge in [-0.25, -0.2) is 0 Å². The Bertz CT molecular complexity index is 510. The number of hydrogen-bond acceptors (Lipinski definition) is 4. The zero-order chi connectivity index (χ0) is 15.3. The molecule has 3 N–H and O–H groups in total. The van der Waals surface area contributed by atoms with Gasteiger partial charge in [-0.2, -0.15) is 0 Å². The van der Waals surface area contributed by atoms with Gasteiger partial charge >= 0.3 is 0 Å². The Morgan fingerprint density at radius 3 is 2.60 bits per heavy atom. The first-order valence-electron chi connectivity index (χ1n) is 6.31. The number of anilines is 1. The van der Waals surface area contributed by atoms with Crippen molar-refractivity contribution in [2.75, 3.05) is 19.1 Å². The van der Waals surface area contributed by atoms with Crippen molar-refractivity contribution in [1.82, 2.24) is 0 Å². The molecule has 110 valence electrons. The second kappa shape index (κ2) is 6.38. The first kappa shape index (κ1) is 16.0. The van der Waals surface area contributed by atoms with Crippen LogP contribution in [0, 0.1) is 0 Å². The minimum absolute atomic E-state index is 0.0455. The van der Waals surface area contributed by atoms with Crippen molar-refractivity contribution >= 4 is 17.4 Å². The molecule has 0 aliphatic rings. The topological polar surface area (TPSA) is 88.2 Å². The van der Waals surface area contributed by atoms with Crippen molar-refractivity contribution in [3.63, 3.8) is 0 Å². The summed E-state index contributed by atoms with van der Waals surface area (Å²) in [6.07, 6.45) is 0.540. The number of amidine groups is 1. The fraction of sp³-hybridized carbons (Fsp3) is 0.429. The summed E-state index contributed by atoms with van der Waals surface area (Å²) in [5.74, 6) is -0.239. The average Bonchev–Trinajstić information content (AvgIpc) is 2.51. The number of oxime groups is 1. The minimum Gasteiger partial charge on any atom is -0.409 e. The van der Waals surface area contributed by atoms with Crippen molar-refractivity contribution in [3.8, 4) is 0 Å². The van der Waals surface area contributed by atoms with Gasteiger partial charge in [-0.1, -0.05) is 24.2 Å². The Kier molecular flexibility index (Phi) is 5.10. The fourth-order valence-electron chi connectivity index (χ4n) is 1.88. The molecule has 0 aliphatic carbocycles. The lowest BCUT2D eigenvalue weighted by atomic mass is 10.0. The standard InChI is InChI=1S/C14H21N3O3/c1-5-14(2,20-4)13(18)17(3)11-9-7-6-8-10(11)12(15)16-19/h6-9,19H,5H2,1-4H3,(H2,15,16). The second-order valence-corrected chi connectivity index (χ2v) is 4.66. The van der Waals surface area contributed by atoms with Crippen molar-refractivity contribution in [1.29, 1.82) is 0 Å². The SMILES string of the molecule is CCC(C)(OC)C(=O)N(C)c1ccccc1/C(N)=N/O. The number of ether oxygens (including phenoxy) is 1. The number of nitrogens with zero attached hydrogens (tertiary/aromatic N) is 2. The Morgan fingerprint density at radius 1 is 1.50 bits per heavy atom. The third-order valence-corrected chi connectivity index (χ3v) is 3.53. The van der Waals surface area contributed by atoms with E-state index in [1.807, 2.05) is 6.92 Å². The average molecular weight is 279 g/mol. The van der Waals surface area contributed by atoms with Crippen LogP contribution in [-0.2, 0) is 9.53 Å². The maximum atomic E-state index is 12.5. The van der Waals surface area contributed by atoms with E-state index in [0.29, 0.717) is 17.7 Å². The van der Waals surface area contributed by atoms with E-state index in [0.717, 1.165) is 0 Å². The summed E-state index contributed by atoms with van der Waals surface area (Å²) in [6.45, 7) is 3.61. The van der Waals surface area contributed by atoms with E-state index in [1.54, 1.807) is 38.2 Å². The number of para-hydroxylation sites is 1. The number of nitrogens with two attached hydrogens (primary N) is 1. The molecule has 1 atom stereocenters. The van der Waals surface area contributed by atoms with Crippen LogP contribution < -0.4 is 10.6 Å². The molecular formula is C14H21N3O3. The predicted molar refractivity (Wildman–Crippen MR) is 78.1 cm³/mol. The molecule has 0 radical (unpaired) electrons. The van der Waals surface area contributed by atoms with Crippen LogP contribution in [0.25, 0.3) is 0 Å². The lowest BCUT2D eigenvalue weighted by Gasteiger charge is -2.31. The molecule has 20 heavy (non-hydrogen) atoms. The number of likely N-dealkylation sites (N-methyl/N-ethyl adjacent to an activating group) is 1. The largest absolute Gasteiger partial charge is 0.409 e. The van der Waals surface area contributed by atoms with Crippen molar-refractivity contribution in [2.45, 2.75) is 25.9 Å². The molecule has 0 aliphatic heterocycles. The first-order valence-corrected chi connectivity index (χ1v) is 6.31. The first-order chi connectivity index (χ1) is 9.41. The van der Waals surface area contributed by atoms with Gasteiger partial charge in [0.15, 0.2) is 5.84 Å². The fourth-order valence-corrected chi connectivity index (χ4v) is 1.88. The molecule has 1 unspecified atom stereocenters. The molecule has 0 saturated carbocycles. The smallest absolute Gasteiger partial charge is 0.258 e. The van der Waals surface area contributed by atoms with E-state index in [1.165, 1.54) is 12.0 Å². The number of methoxy groups -OCH3 is 1. The van der Waals surface area contributed by atoms with Gasteiger partial charge in [0.05, 0.1) is 5.69 Å². The molecule has 6 heteroatoms. The van der Waals surface area contributed by atoms with E-state index in [4.69, 9.17) is 15.7 Å². The van der Waals surface area contributed by atoms with Crippen LogP contribution in [0.1, 0.15) is 25.8 Å². The summed E-state index contributed by atoms with van der Waals surface area (Å²) in [7, 11) is 3.14. The Morgan fingerprint density at radius 2 is 2.10 bits per heavy atom. The molecular weight excluding hydrogens is 258 g/mol. The zero-order valence-electron chi connectivity index (χ0n) is 12.3. The van der Waals surface area contributed by atoms with E-state index in [-0.39, 0.29) is 11.7 Å². The summed E-state index contributed by atoms with van der Waals surface area (Å²) in [5.41, 5.74) is 5.77. The summed E-state index contributed by atoms with van der Waals surface area (Å²) in [4.78, 5) is 14.0. The lowest BCUT2D eigenvalue weighted by Crippen LogP contribution is -2.47. The molecule has 0 saturated heterocycles. The molecule has 0 bridgehead atoms. The molecule has 1 aromatic carbocycles. The van der Waals surface area contributed by atoms with Crippen molar-refractivity contribution in [2.24, 2.45) is 10.9 Å². The molecule has 0 aromatic heterocycles. The number of rotatable bonds is 5. The molecule has 6 nitrogen and oxygen atoms in total. The number of amides is 1. The molecule has 1 amide bonds. The lowest BCUT2D eigenvalue weighted by molar-refractivity contribution is -0.138. The second-order valence-electron chi connectivity index (χ2n) is 4.66. The van der Waals surface area contributed by atoms with Crippen LogP contribution >= 0.6 is 0 Å². The normalized spacial score (nSPS) is 14.7. The maximum Gasteiger partial charge on any atom is 0.258 e. The van der Waals surface area contributed by atoms with Crippen molar-refractivity contribution in [3.05, 3.63) is 29.8 Å². The number of benzene rings is 1. The summed E-state index contributed by atoms with van der Waals surface area (Å²) >= 11 is 0. The highest BCUT2D eigenvalue weighted by atomic mass is 16.5. The molecule has 0 spiro atoms. The molecule has 0 fully saturated rings. The highest BCUT2D eigenvalue weighted by Crippen LogP contribution is 2.24. The van der Waals surface area contributed by atoms with E-state index in [9.17, 15) is 4.79 Å².